The van der Waals surface area contributed by atoms with Crippen molar-refractivity contribution in [2.24, 2.45) is 0 Å². The fraction of sp³-hybridized carbons (Fsp3) is 0.562. The van der Waals surface area contributed by atoms with E-state index in [0.29, 0.717) is 32.0 Å². The number of nitrogens with one attached hydrogen (secondary N) is 1. The number of rotatable bonds is 4. The van der Waals surface area contributed by atoms with Gasteiger partial charge < -0.3 is 19.7 Å². The molecule has 1 unspecified atom stereocenters. The molecule has 3 rings (SSSR count). The van der Waals surface area contributed by atoms with Gasteiger partial charge in [0.2, 0.25) is 10.0 Å². The number of carbonyl (C=O) groups excluding carboxylic acids is 1. The first-order valence-electron chi connectivity index (χ1n) is 8.27. The Morgan fingerprint density at radius 1 is 1.19 bits per heavy atom. The maximum absolute atomic E-state index is 12.7. The smallest absolute Gasteiger partial charge is 0.253 e. The number of methoxy groups -OCH3 is 1. The summed E-state index contributed by atoms with van der Waals surface area (Å²) in [6, 6.07) is 6.32. The molecule has 1 N–H and O–H groups in total. The lowest BCUT2D eigenvalue weighted by molar-refractivity contribution is -0.146. The Kier molecular flexibility index (Phi) is 7.24. The zero-order valence-electron chi connectivity index (χ0n) is 14.6. The molecular formula is C16H24ClN3O5S. The topological polar surface area (TPSA) is 88.2 Å². The summed E-state index contributed by atoms with van der Waals surface area (Å²) in [5.74, 6) is 0.532. The van der Waals surface area contributed by atoms with Crippen LogP contribution in [0.4, 0.5) is 0 Å². The summed E-state index contributed by atoms with van der Waals surface area (Å²) in [7, 11) is -2.03. The zero-order chi connectivity index (χ0) is 17.9. The number of morpholine rings is 1. The lowest BCUT2D eigenvalue weighted by Crippen LogP contribution is -2.55. The number of halogens is 1. The van der Waals surface area contributed by atoms with E-state index in [1.165, 1.54) is 23.5 Å². The van der Waals surface area contributed by atoms with E-state index in [4.69, 9.17) is 9.47 Å². The summed E-state index contributed by atoms with van der Waals surface area (Å²) in [4.78, 5) is 14.3. The molecule has 0 saturated carbocycles. The molecule has 0 spiro atoms. The molecule has 2 heterocycles. The Hall–Kier alpha value is -1.39. The standard InChI is InChI=1S/C16H23N3O5S.ClH/c1-23-13-2-4-14(5-3-13)25(21,22)19-9-7-18(8-10-19)16(20)15-12-17-6-11-24-15;/h2-5,15,17H,6-12H2,1H3;1H. The molecule has 0 radical (unpaired) electrons. The third-order valence-corrected chi connectivity index (χ3v) is 6.36. The largest absolute Gasteiger partial charge is 0.497 e. The normalized spacial score (nSPS) is 21.7. The van der Waals surface area contributed by atoms with Crippen molar-refractivity contribution in [3.05, 3.63) is 24.3 Å². The van der Waals surface area contributed by atoms with Gasteiger partial charge in [0.15, 0.2) is 0 Å². The first-order valence-corrected chi connectivity index (χ1v) is 9.71. The minimum atomic E-state index is -3.56. The number of carbonyl (C=O) groups is 1. The summed E-state index contributed by atoms with van der Waals surface area (Å²) < 4.78 is 37.4. The molecular weight excluding hydrogens is 382 g/mol. The number of hydrogen-bond donors (Lipinski definition) is 1. The van der Waals surface area contributed by atoms with E-state index in [1.807, 2.05) is 0 Å². The van der Waals surface area contributed by atoms with Crippen LogP contribution in [-0.4, -0.2) is 82.6 Å². The average Bonchev–Trinajstić information content (AvgIpc) is 2.68. The van der Waals surface area contributed by atoms with Gasteiger partial charge in [0, 0.05) is 39.3 Å². The lowest BCUT2D eigenvalue weighted by atomic mass is 10.2. The van der Waals surface area contributed by atoms with Crippen LogP contribution in [0.15, 0.2) is 29.2 Å². The van der Waals surface area contributed by atoms with Crippen molar-refractivity contribution < 1.29 is 22.7 Å². The van der Waals surface area contributed by atoms with Crippen molar-refractivity contribution in [1.29, 1.82) is 0 Å². The molecule has 1 aromatic rings. The molecule has 2 aliphatic heterocycles. The van der Waals surface area contributed by atoms with Crippen molar-refractivity contribution in [2.75, 3.05) is 53.0 Å². The van der Waals surface area contributed by atoms with Gasteiger partial charge in [0.05, 0.1) is 18.6 Å². The Morgan fingerprint density at radius 2 is 1.85 bits per heavy atom. The van der Waals surface area contributed by atoms with Crippen molar-refractivity contribution in [3.8, 4) is 5.75 Å². The maximum Gasteiger partial charge on any atom is 0.253 e. The molecule has 8 nitrogen and oxygen atoms in total. The Bertz CT molecular complexity index is 699. The number of piperazine rings is 1. The molecule has 10 heteroatoms. The van der Waals surface area contributed by atoms with Crippen LogP contribution in [0.25, 0.3) is 0 Å². The van der Waals surface area contributed by atoms with Crippen LogP contribution in [0.5, 0.6) is 5.75 Å². The SMILES string of the molecule is COc1ccc(S(=O)(=O)N2CCN(C(=O)C3CNCCO3)CC2)cc1.Cl. The van der Waals surface area contributed by atoms with Crippen molar-refractivity contribution in [3.63, 3.8) is 0 Å². The van der Waals surface area contributed by atoms with Gasteiger partial charge in [0.1, 0.15) is 11.9 Å². The van der Waals surface area contributed by atoms with Crippen LogP contribution in [0.3, 0.4) is 0 Å². The first-order chi connectivity index (χ1) is 12.0. The summed E-state index contributed by atoms with van der Waals surface area (Å²) in [5, 5.41) is 3.13. The van der Waals surface area contributed by atoms with Gasteiger partial charge in [-0.05, 0) is 24.3 Å². The van der Waals surface area contributed by atoms with E-state index in [1.54, 1.807) is 17.0 Å². The molecule has 1 aromatic carbocycles. The van der Waals surface area contributed by atoms with Gasteiger partial charge in [-0.2, -0.15) is 4.31 Å². The quantitative estimate of drug-likeness (QED) is 0.755. The zero-order valence-corrected chi connectivity index (χ0v) is 16.2. The third kappa shape index (κ3) is 4.47. The van der Waals surface area contributed by atoms with Crippen LogP contribution in [-0.2, 0) is 19.6 Å². The highest BCUT2D eigenvalue weighted by molar-refractivity contribution is 7.89. The second kappa shape index (κ2) is 9.01. The highest BCUT2D eigenvalue weighted by atomic mass is 35.5. The number of benzene rings is 1. The number of ether oxygens (including phenoxy) is 2. The second-order valence-corrected chi connectivity index (χ2v) is 7.91. The molecule has 0 bridgehead atoms. The minimum absolute atomic E-state index is 0. The molecule has 2 saturated heterocycles. The number of sulfonamides is 1. The minimum Gasteiger partial charge on any atom is -0.497 e. The Balaban J connectivity index is 0.00000243. The van der Waals surface area contributed by atoms with E-state index in [9.17, 15) is 13.2 Å². The molecule has 2 aliphatic rings. The van der Waals surface area contributed by atoms with Gasteiger partial charge in [-0.15, -0.1) is 12.4 Å². The van der Waals surface area contributed by atoms with Crippen molar-refractivity contribution in [1.82, 2.24) is 14.5 Å². The van der Waals surface area contributed by atoms with Crippen LogP contribution in [0.1, 0.15) is 0 Å². The van der Waals surface area contributed by atoms with Gasteiger partial charge in [-0.25, -0.2) is 8.42 Å². The van der Waals surface area contributed by atoms with Gasteiger partial charge in [-0.3, -0.25) is 4.79 Å². The van der Waals surface area contributed by atoms with Crippen LogP contribution in [0.2, 0.25) is 0 Å². The van der Waals surface area contributed by atoms with Crippen LogP contribution >= 0.6 is 12.4 Å². The molecule has 0 aromatic heterocycles. The highest BCUT2D eigenvalue weighted by Crippen LogP contribution is 2.21. The summed E-state index contributed by atoms with van der Waals surface area (Å²) in [6.07, 6.45) is -0.474. The van der Waals surface area contributed by atoms with Gasteiger partial charge in [-0.1, -0.05) is 0 Å². The third-order valence-electron chi connectivity index (χ3n) is 4.45. The van der Waals surface area contributed by atoms with Gasteiger partial charge in [0.25, 0.3) is 5.91 Å². The first kappa shape index (κ1) is 20.9. The molecule has 146 valence electrons. The highest BCUT2D eigenvalue weighted by Gasteiger charge is 2.33. The predicted molar refractivity (Wildman–Crippen MR) is 98.2 cm³/mol. The number of nitrogens with zero attached hydrogens (tertiary/aromatic N) is 2. The van der Waals surface area contributed by atoms with Crippen LogP contribution in [0, 0.1) is 0 Å². The van der Waals surface area contributed by atoms with Crippen LogP contribution < -0.4 is 10.1 Å². The fourth-order valence-corrected chi connectivity index (χ4v) is 4.40. The summed E-state index contributed by atoms with van der Waals surface area (Å²) >= 11 is 0. The second-order valence-electron chi connectivity index (χ2n) is 5.97. The Labute approximate surface area is 159 Å². The maximum atomic E-state index is 12.7. The van der Waals surface area contributed by atoms with E-state index in [0.717, 1.165) is 6.54 Å². The van der Waals surface area contributed by atoms with Crippen molar-refractivity contribution >= 4 is 28.3 Å². The molecule has 0 aliphatic carbocycles. The lowest BCUT2D eigenvalue weighted by Gasteiger charge is -2.36. The predicted octanol–water partition coefficient (Wildman–Crippen LogP) is -0.0617. The molecule has 1 atom stereocenters. The number of hydrogen-bond acceptors (Lipinski definition) is 6. The monoisotopic (exact) mass is 405 g/mol. The Morgan fingerprint density at radius 3 is 2.38 bits per heavy atom. The van der Waals surface area contributed by atoms with Gasteiger partial charge >= 0.3 is 0 Å². The molecule has 2 fully saturated rings. The van der Waals surface area contributed by atoms with E-state index in [2.05, 4.69) is 5.32 Å². The van der Waals surface area contributed by atoms with E-state index >= 15 is 0 Å². The fourth-order valence-electron chi connectivity index (χ4n) is 2.97. The van der Waals surface area contributed by atoms with E-state index < -0.39 is 16.1 Å². The molecule has 1 amide bonds. The summed E-state index contributed by atoms with van der Waals surface area (Å²) in [5.41, 5.74) is 0. The van der Waals surface area contributed by atoms with E-state index in [-0.39, 0.29) is 36.3 Å². The number of amides is 1. The van der Waals surface area contributed by atoms with Crippen molar-refractivity contribution in [2.45, 2.75) is 11.0 Å². The molecule has 26 heavy (non-hydrogen) atoms. The summed E-state index contributed by atoms with van der Waals surface area (Å²) in [6.45, 7) is 3.06. The average molecular weight is 406 g/mol.